The Balaban J connectivity index is 1.79. The average Bonchev–Trinajstić information content (AvgIpc) is 2.74. The number of hydrogen-bond donors (Lipinski definition) is 2. The highest BCUT2D eigenvalue weighted by Crippen LogP contribution is 2.28. The van der Waals surface area contributed by atoms with Gasteiger partial charge in [-0.25, -0.2) is 12.8 Å². The van der Waals surface area contributed by atoms with Crippen LogP contribution in [0.25, 0.3) is 6.08 Å². The number of amides is 1. The molecule has 1 amide bonds. The van der Waals surface area contributed by atoms with Crippen molar-refractivity contribution in [2.75, 3.05) is 12.3 Å². The second-order valence-corrected chi connectivity index (χ2v) is 8.77. The van der Waals surface area contributed by atoms with Gasteiger partial charge in [-0.15, -0.1) is 0 Å². The minimum absolute atomic E-state index is 0.00980. The van der Waals surface area contributed by atoms with Gasteiger partial charge in [0.2, 0.25) is 5.91 Å². The van der Waals surface area contributed by atoms with Crippen LogP contribution < -0.4 is 11.1 Å². The summed E-state index contributed by atoms with van der Waals surface area (Å²) in [6.45, 7) is -0.130. The first kappa shape index (κ1) is 21.3. The monoisotopic (exact) mass is 424 g/mol. The summed E-state index contributed by atoms with van der Waals surface area (Å²) >= 11 is 0. The van der Waals surface area contributed by atoms with E-state index >= 15 is 0 Å². The second kappa shape index (κ2) is 9.37. The van der Waals surface area contributed by atoms with E-state index in [4.69, 9.17) is 5.73 Å². The van der Waals surface area contributed by atoms with Crippen LogP contribution in [-0.4, -0.2) is 20.9 Å². The molecular formula is C23H21FN2O3S. The van der Waals surface area contributed by atoms with Crippen LogP contribution in [0.15, 0.2) is 89.8 Å². The Labute approximate surface area is 175 Å². The smallest absolute Gasteiger partial charge is 0.244 e. The predicted molar refractivity (Wildman–Crippen MR) is 116 cm³/mol. The molecule has 3 aromatic rings. The van der Waals surface area contributed by atoms with Crippen LogP contribution in [-0.2, 0) is 14.6 Å². The lowest BCUT2D eigenvalue weighted by atomic mass is 10.1. The minimum atomic E-state index is -3.86. The van der Waals surface area contributed by atoms with Crippen molar-refractivity contribution in [2.24, 2.45) is 0 Å². The van der Waals surface area contributed by atoms with Crippen molar-refractivity contribution in [3.63, 3.8) is 0 Å². The molecule has 1 atom stereocenters. The molecule has 0 fully saturated rings. The molecule has 0 aliphatic heterocycles. The SMILES string of the molecule is Nc1ccc(/C=C/C(=O)NCC(c2ccccc2)S(=O)(=O)c2ccc(F)cc2)cc1. The highest BCUT2D eigenvalue weighted by Gasteiger charge is 2.29. The van der Waals surface area contributed by atoms with Gasteiger partial charge in [-0.3, -0.25) is 4.79 Å². The first-order valence-electron chi connectivity index (χ1n) is 9.22. The molecule has 0 aliphatic rings. The number of benzene rings is 3. The first-order chi connectivity index (χ1) is 14.4. The summed E-state index contributed by atoms with van der Waals surface area (Å²) in [7, 11) is -3.86. The third-order valence-electron chi connectivity index (χ3n) is 4.51. The van der Waals surface area contributed by atoms with Crippen LogP contribution in [0.4, 0.5) is 10.1 Å². The lowest BCUT2D eigenvalue weighted by Gasteiger charge is -2.18. The third-order valence-corrected chi connectivity index (χ3v) is 6.63. The molecule has 3 rings (SSSR count). The van der Waals surface area contributed by atoms with E-state index in [1.54, 1.807) is 60.7 Å². The van der Waals surface area contributed by atoms with Crippen molar-refractivity contribution in [1.82, 2.24) is 5.32 Å². The molecule has 0 spiro atoms. The molecular weight excluding hydrogens is 403 g/mol. The fraction of sp³-hybridized carbons (Fsp3) is 0.0870. The summed E-state index contributed by atoms with van der Waals surface area (Å²) in [5.41, 5.74) is 7.58. The minimum Gasteiger partial charge on any atom is -0.399 e. The number of nitrogen functional groups attached to an aromatic ring is 1. The Hall–Kier alpha value is -3.45. The van der Waals surface area contributed by atoms with Crippen molar-refractivity contribution >= 4 is 27.5 Å². The highest BCUT2D eigenvalue weighted by atomic mass is 32.2. The van der Waals surface area contributed by atoms with Crippen molar-refractivity contribution in [1.29, 1.82) is 0 Å². The first-order valence-corrected chi connectivity index (χ1v) is 10.8. The van der Waals surface area contributed by atoms with Gasteiger partial charge >= 0.3 is 0 Å². The second-order valence-electron chi connectivity index (χ2n) is 6.64. The molecule has 5 nitrogen and oxygen atoms in total. The molecule has 0 aliphatic carbocycles. The normalized spacial score (nSPS) is 12.6. The largest absolute Gasteiger partial charge is 0.399 e. The quantitative estimate of drug-likeness (QED) is 0.343. The lowest BCUT2D eigenvalue weighted by Crippen LogP contribution is -2.30. The van der Waals surface area contributed by atoms with Gasteiger partial charge in [0.25, 0.3) is 0 Å². The summed E-state index contributed by atoms with van der Waals surface area (Å²) in [5, 5.41) is 1.63. The summed E-state index contributed by atoms with van der Waals surface area (Å²) in [6.07, 6.45) is 2.94. The van der Waals surface area contributed by atoms with E-state index in [2.05, 4.69) is 5.32 Å². The maximum absolute atomic E-state index is 13.2. The Morgan fingerprint density at radius 3 is 2.23 bits per heavy atom. The van der Waals surface area contributed by atoms with E-state index in [1.807, 2.05) is 0 Å². The van der Waals surface area contributed by atoms with E-state index < -0.39 is 26.8 Å². The molecule has 30 heavy (non-hydrogen) atoms. The van der Waals surface area contributed by atoms with Gasteiger partial charge in [0.05, 0.1) is 4.90 Å². The van der Waals surface area contributed by atoms with Crippen molar-refractivity contribution in [2.45, 2.75) is 10.1 Å². The Morgan fingerprint density at radius 2 is 1.60 bits per heavy atom. The molecule has 0 aromatic heterocycles. The Bertz CT molecular complexity index is 1130. The predicted octanol–water partition coefficient (Wildman–Crippen LogP) is 3.75. The summed E-state index contributed by atoms with van der Waals surface area (Å²) in [6, 6.07) is 20.2. The van der Waals surface area contributed by atoms with Gasteiger partial charge < -0.3 is 11.1 Å². The topological polar surface area (TPSA) is 89.3 Å². The average molecular weight is 424 g/mol. The molecule has 0 bridgehead atoms. The van der Waals surface area contributed by atoms with Crippen LogP contribution in [0, 0.1) is 5.82 Å². The highest BCUT2D eigenvalue weighted by molar-refractivity contribution is 7.91. The maximum Gasteiger partial charge on any atom is 0.244 e. The molecule has 3 N–H and O–H groups in total. The van der Waals surface area contributed by atoms with Crippen molar-refractivity contribution < 1.29 is 17.6 Å². The van der Waals surface area contributed by atoms with E-state index in [1.165, 1.54) is 18.2 Å². The van der Waals surface area contributed by atoms with Gasteiger partial charge in [0.1, 0.15) is 11.1 Å². The number of hydrogen-bond acceptors (Lipinski definition) is 4. The lowest BCUT2D eigenvalue weighted by molar-refractivity contribution is -0.116. The number of rotatable bonds is 7. The molecule has 3 aromatic carbocycles. The number of carbonyl (C=O) groups excluding carboxylic acids is 1. The van der Waals surface area contributed by atoms with Gasteiger partial charge in [-0.2, -0.15) is 0 Å². The van der Waals surface area contributed by atoms with Crippen LogP contribution in [0.1, 0.15) is 16.4 Å². The zero-order valence-corrected chi connectivity index (χ0v) is 16.8. The number of nitrogens with one attached hydrogen (secondary N) is 1. The molecule has 7 heteroatoms. The van der Waals surface area contributed by atoms with Crippen LogP contribution >= 0.6 is 0 Å². The summed E-state index contributed by atoms with van der Waals surface area (Å²) in [5.74, 6) is -0.951. The molecule has 0 saturated heterocycles. The summed E-state index contributed by atoms with van der Waals surface area (Å²) < 4.78 is 39.6. The number of nitrogens with two attached hydrogens (primary N) is 1. The van der Waals surface area contributed by atoms with Gasteiger partial charge in [-0.1, -0.05) is 42.5 Å². The van der Waals surface area contributed by atoms with E-state index in [0.717, 1.165) is 17.7 Å². The third kappa shape index (κ3) is 5.33. The molecule has 0 saturated carbocycles. The van der Waals surface area contributed by atoms with E-state index in [0.29, 0.717) is 11.3 Å². The van der Waals surface area contributed by atoms with Crippen molar-refractivity contribution in [3.05, 3.63) is 102 Å². The maximum atomic E-state index is 13.2. The van der Waals surface area contributed by atoms with E-state index in [-0.39, 0.29) is 11.4 Å². The van der Waals surface area contributed by atoms with E-state index in [9.17, 15) is 17.6 Å². The fourth-order valence-corrected chi connectivity index (χ4v) is 4.56. The molecule has 0 radical (unpaired) electrons. The van der Waals surface area contributed by atoms with Gasteiger partial charge in [-0.05, 0) is 53.6 Å². The number of sulfone groups is 1. The van der Waals surface area contributed by atoms with Gasteiger partial charge in [0, 0.05) is 18.3 Å². The van der Waals surface area contributed by atoms with Crippen LogP contribution in [0.3, 0.4) is 0 Å². The fourth-order valence-electron chi connectivity index (χ4n) is 2.89. The molecule has 1 unspecified atom stereocenters. The van der Waals surface area contributed by atoms with Crippen LogP contribution in [0.2, 0.25) is 0 Å². The zero-order valence-electron chi connectivity index (χ0n) is 16.0. The number of halogens is 1. The zero-order chi connectivity index (χ0) is 21.6. The molecule has 0 heterocycles. The summed E-state index contributed by atoms with van der Waals surface area (Å²) in [4.78, 5) is 12.3. The number of anilines is 1. The Kier molecular flexibility index (Phi) is 6.64. The molecule has 154 valence electrons. The van der Waals surface area contributed by atoms with Crippen LogP contribution in [0.5, 0.6) is 0 Å². The van der Waals surface area contributed by atoms with Gasteiger partial charge in [0.15, 0.2) is 9.84 Å². The standard InChI is InChI=1S/C23H21FN2O3S/c24-19-9-13-21(14-10-19)30(28,29)22(18-4-2-1-3-5-18)16-26-23(27)15-8-17-6-11-20(25)12-7-17/h1-15,22H,16,25H2,(H,26,27)/b15-8+. The Morgan fingerprint density at radius 1 is 0.967 bits per heavy atom. The van der Waals surface area contributed by atoms with Crippen molar-refractivity contribution in [3.8, 4) is 0 Å². The number of carbonyl (C=O) groups is 1.